The Morgan fingerprint density at radius 3 is 2.17 bits per heavy atom. The van der Waals surface area contributed by atoms with E-state index in [1.165, 1.54) is 38.5 Å². The van der Waals surface area contributed by atoms with Crippen molar-refractivity contribution in [3.63, 3.8) is 0 Å². The monoisotopic (exact) mass is 322 g/mol. The van der Waals surface area contributed by atoms with Gasteiger partial charge in [0.05, 0.1) is 6.61 Å². The van der Waals surface area contributed by atoms with Gasteiger partial charge in [-0.15, -0.1) is 0 Å². The van der Waals surface area contributed by atoms with E-state index in [1.54, 1.807) is 6.92 Å². The molecule has 1 aliphatic rings. The summed E-state index contributed by atoms with van der Waals surface area (Å²) in [5.74, 6) is -0.738. The van der Waals surface area contributed by atoms with Crippen LogP contribution in [0.2, 0.25) is 0 Å². The highest BCUT2D eigenvalue weighted by molar-refractivity contribution is 5.98. The van der Waals surface area contributed by atoms with Gasteiger partial charge in [0.15, 0.2) is 0 Å². The minimum atomic E-state index is -0.523. The minimum Gasteiger partial charge on any atom is -0.465 e. The van der Waals surface area contributed by atoms with E-state index in [2.05, 4.69) is 12.2 Å². The Morgan fingerprint density at radius 2 is 1.52 bits per heavy atom. The van der Waals surface area contributed by atoms with Crippen molar-refractivity contribution in [3.8, 4) is 0 Å². The van der Waals surface area contributed by atoms with Gasteiger partial charge in [-0.1, -0.05) is 50.7 Å². The molecule has 0 bridgehead atoms. The number of hydrogen-bond acceptors (Lipinski definition) is 3. The number of carbonyl (C=O) groups excluding carboxylic acids is 2. The fraction of sp³-hybridized carbons (Fsp3) is 0.800. The van der Waals surface area contributed by atoms with Crippen LogP contribution in [0.1, 0.15) is 90.4 Å². The molecule has 1 aliphatic carbocycles. The van der Waals surface area contributed by atoms with Crippen molar-refractivity contribution in [1.29, 1.82) is 0 Å². The summed E-state index contributed by atoms with van der Waals surface area (Å²) in [5.41, 5.74) is 0. The molecule has 0 N–H and O–H groups in total. The van der Waals surface area contributed by atoms with E-state index >= 15 is 0 Å². The average molecular weight is 322 g/mol. The van der Waals surface area contributed by atoms with Crippen molar-refractivity contribution in [2.24, 2.45) is 5.92 Å². The molecule has 0 radical (unpaired) electrons. The fourth-order valence-electron chi connectivity index (χ4n) is 3.12. The number of rotatable bonds is 2. The maximum atomic E-state index is 12.4. The van der Waals surface area contributed by atoms with Crippen LogP contribution in [0.15, 0.2) is 12.2 Å². The highest BCUT2D eigenvalue weighted by atomic mass is 16.5. The molecular formula is C20H34O3. The molecule has 0 aromatic carbocycles. The Labute approximate surface area is 141 Å². The van der Waals surface area contributed by atoms with Gasteiger partial charge in [-0.2, -0.15) is 0 Å². The van der Waals surface area contributed by atoms with Crippen molar-refractivity contribution >= 4 is 11.8 Å². The zero-order valence-electron chi connectivity index (χ0n) is 14.9. The highest BCUT2D eigenvalue weighted by Crippen LogP contribution is 2.18. The molecule has 0 saturated heterocycles. The van der Waals surface area contributed by atoms with E-state index in [0.29, 0.717) is 19.4 Å². The summed E-state index contributed by atoms with van der Waals surface area (Å²) in [4.78, 5) is 24.4. The largest absolute Gasteiger partial charge is 0.465 e. The number of carbonyl (C=O) groups is 2. The third kappa shape index (κ3) is 9.58. The van der Waals surface area contributed by atoms with E-state index in [9.17, 15) is 9.59 Å². The second kappa shape index (κ2) is 13.3. The number of esters is 1. The summed E-state index contributed by atoms with van der Waals surface area (Å²) in [7, 11) is 0. The molecule has 132 valence electrons. The minimum absolute atomic E-state index is 0.0921. The molecular weight excluding hydrogens is 288 g/mol. The molecule has 0 aromatic rings. The standard InChI is InChI=1S/C20H34O3/c1-2-23-20(22)18-16-14-12-10-8-6-4-3-5-7-9-11-13-15-17-19(18)21/h3-4,18H,2,5-17H2,1H3. The SMILES string of the molecule is CCOC(=O)C1CCCCCCC=CCCCCCCCC1=O. The van der Waals surface area contributed by atoms with Gasteiger partial charge in [0.2, 0.25) is 0 Å². The second-order valence-corrected chi connectivity index (χ2v) is 6.54. The van der Waals surface area contributed by atoms with Crippen molar-refractivity contribution in [3.05, 3.63) is 12.2 Å². The summed E-state index contributed by atoms with van der Waals surface area (Å²) >= 11 is 0. The van der Waals surface area contributed by atoms with Gasteiger partial charge in [-0.3, -0.25) is 9.59 Å². The van der Waals surface area contributed by atoms with Gasteiger partial charge in [0, 0.05) is 6.42 Å². The molecule has 1 unspecified atom stereocenters. The van der Waals surface area contributed by atoms with Crippen LogP contribution in [0.3, 0.4) is 0 Å². The van der Waals surface area contributed by atoms with Crippen LogP contribution in [0.25, 0.3) is 0 Å². The summed E-state index contributed by atoms with van der Waals surface area (Å²) in [6, 6.07) is 0. The van der Waals surface area contributed by atoms with Crippen molar-refractivity contribution in [2.75, 3.05) is 6.61 Å². The second-order valence-electron chi connectivity index (χ2n) is 6.54. The fourth-order valence-corrected chi connectivity index (χ4v) is 3.12. The van der Waals surface area contributed by atoms with E-state index in [0.717, 1.165) is 32.1 Å². The maximum absolute atomic E-state index is 12.4. The summed E-state index contributed by atoms with van der Waals surface area (Å²) < 4.78 is 5.10. The van der Waals surface area contributed by atoms with Crippen LogP contribution < -0.4 is 0 Å². The first-order valence-corrected chi connectivity index (χ1v) is 9.60. The normalized spacial score (nSPS) is 23.2. The Balaban J connectivity index is 2.50. The maximum Gasteiger partial charge on any atom is 0.316 e. The zero-order valence-corrected chi connectivity index (χ0v) is 14.9. The molecule has 23 heavy (non-hydrogen) atoms. The molecule has 3 nitrogen and oxygen atoms in total. The molecule has 0 saturated carbocycles. The summed E-state index contributed by atoms with van der Waals surface area (Å²) in [6.45, 7) is 2.16. The van der Waals surface area contributed by atoms with Gasteiger partial charge in [0.1, 0.15) is 11.7 Å². The lowest BCUT2D eigenvalue weighted by atomic mass is 9.93. The van der Waals surface area contributed by atoms with Gasteiger partial charge in [0.25, 0.3) is 0 Å². The van der Waals surface area contributed by atoms with Crippen LogP contribution in [0.4, 0.5) is 0 Å². The molecule has 0 heterocycles. The molecule has 0 spiro atoms. The van der Waals surface area contributed by atoms with Crippen molar-refractivity contribution in [2.45, 2.75) is 90.4 Å². The van der Waals surface area contributed by atoms with E-state index in [4.69, 9.17) is 4.74 Å². The van der Waals surface area contributed by atoms with E-state index in [-0.39, 0.29) is 11.8 Å². The Hall–Kier alpha value is -1.12. The smallest absolute Gasteiger partial charge is 0.316 e. The van der Waals surface area contributed by atoms with Crippen LogP contribution in [-0.4, -0.2) is 18.4 Å². The van der Waals surface area contributed by atoms with Crippen molar-refractivity contribution in [1.82, 2.24) is 0 Å². The summed E-state index contributed by atoms with van der Waals surface area (Å²) in [6.07, 6.45) is 18.2. The lowest BCUT2D eigenvalue weighted by Crippen LogP contribution is -2.26. The molecule has 0 aliphatic heterocycles. The Morgan fingerprint density at radius 1 is 0.957 bits per heavy atom. The number of allylic oxidation sites excluding steroid dienone is 2. The first-order chi connectivity index (χ1) is 11.3. The van der Waals surface area contributed by atoms with Crippen molar-refractivity contribution < 1.29 is 14.3 Å². The lowest BCUT2D eigenvalue weighted by molar-refractivity contribution is -0.152. The number of Topliss-reactive ketones (excluding diaryl/α,β-unsaturated/α-hetero) is 1. The molecule has 0 fully saturated rings. The van der Waals surface area contributed by atoms with Crippen LogP contribution >= 0.6 is 0 Å². The topological polar surface area (TPSA) is 43.4 Å². The molecule has 0 aromatic heterocycles. The average Bonchev–Trinajstić information content (AvgIpc) is 2.54. The van der Waals surface area contributed by atoms with Gasteiger partial charge in [-0.05, 0) is 45.4 Å². The van der Waals surface area contributed by atoms with E-state index in [1.807, 2.05) is 0 Å². The van der Waals surface area contributed by atoms with Crippen LogP contribution in [0.5, 0.6) is 0 Å². The van der Waals surface area contributed by atoms with Gasteiger partial charge < -0.3 is 4.74 Å². The quantitative estimate of drug-likeness (QED) is 0.389. The Kier molecular flexibility index (Phi) is 11.5. The zero-order chi connectivity index (χ0) is 16.8. The predicted molar refractivity (Wildman–Crippen MR) is 94.3 cm³/mol. The van der Waals surface area contributed by atoms with Crippen LogP contribution in [0, 0.1) is 5.92 Å². The first-order valence-electron chi connectivity index (χ1n) is 9.60. The first kappa shape index (κ1) is 19.9. The molecule has 1 rings (SSSR count). The number of hydrogen-bond donors (Lipinski definition) is 0. The highest BCUT2D eigenvalue weighted by Gasteiger charge is 2.26. The number of ether oxygens (including phenoxy) is 1. The van der Waals surface area contributed by atoms with Gasteiger partial charge in [-0.25, -0.2) is 0 Å². The third-order valence-electron chi connectivity index (χ3n) is 4.53. The molecule has 1 atom stereocenters. The van der Waals surface area contributed by atoms with E-state index < -0.39 is 5.92 Å². The molecule has 0 amide bonds. The predicted octanol–water partition coefficient (Wildman–Crippen LogP) is 5.38. The number of ketones is 1. The van der Waals surface area contributed by atoms with Gasteiger partial charge >= 0.3 is 5.97 Å². The lowest BCUT2D eigenvalue weighted by Gasteiger charge is -2.14. The molecule has 3 heteroatoms. The Bertz CT molecular complexity index is 360. The van der Waals surface area contributed by atoms with Crippen LogP contribution in [-0.2, 0) is 14.3 Å². The summed E-state index contributed by atoms with van der Waals surface area (Å²) in [5, 5.41) is 0. The third-order valence-corrected chi connectivity index (χ3v) is 4.53.